The maximum Gasteiger partial charge on any atom is 0.271 e. The van der Waals surface area contributed by atoms with Crippen LogP contribution in [0.25, 0.3) is 0 Å². The molecule has 0 heterocycles. The molecule has 0 saturated heterocycles. The van der Waals surface area contributed by atoms with Crippen LogP contribution in [0.5, 0.6) is 0 Å². The molecule has 0 aromatic heterocycles. The van der Waals surface area contributed by atoms with E-state index in [1.807, 2.05) is 0 Å². The molecule has 0 aliphatic carbocycles. The van der Waals surface area contributed by atoms with Gasteiger partial charge in [0.15, 0.2) is 0 Å². The Morgan fingerprint density at radius 2 is 1.95 bits per heavy atom. The molecule has 2 aromatic rings. The second-order valence-corrected chi connectivity index (χ2v) is 4.20. The van der Waals surface area contributed by atoms with Crippen LogP contribution in [0.4, 0.5) is 4.39 Å². The predicted molar refractivity (Wildman–Crippen MR) is 72.9 cm³/mol. The fourth-order valence-electron chi connectivity index (χ4n) is 1.41. The average molecular weight is 277 g/mol. The molecular weight excluding hydrogens is 267 g/mol. The lowest BCUT2D eigenvalue weighted by Crippen LogP contribution is -2.17. The first-order chi connectivity index (χ1) is 9.15. The molecule has 1 N–H and O–H groups in total. The molecule has 5 heteroatoms. The first kappa shape index (κ1) is 13.2. The number of nitrogens with zero attached hydrogens (tertiary/aromatic N) is 1. The van der Waals surface area contributed by atoms with Crippen molar-refractivity contribution in [2.45, 2.75) is 0 Å². The van der Waals surface area contributed by atoms with E-state index in [4.69, 9.17) is 11.6 Å². The molecule has 0 aliphatic rings. The second-order valence-electron chi connectivity index (χ2n) is 3.76. The van der Waals surface area contributed by atoms with Crippen molar-refractivity contribution in [1.82, 2.24) is 5.43 Å². The highest BCUT2D eigenvalue weighted by Gasteiger charge is 2.03. The standard InChI is InChI=1S/C14H10ClFN2O/c15-12-3-1-2-11(8-12)14(19)18-17-9-10-4-6-13(16)7-5-10/h1-9H,(H,18,19)/b17-9+. The van der Waals surface area contributed by atoms with Crippen molar-refractivity contribution >= 4 is 23.7 Å². The Morgan fingerprint density at radius 1 is 1.21 bits per heavy atom. The van der Waals surface area contributed by atoms with E-state index in [1.165, 1.54) is 18.3 Å². The van der Waals surface area contributed by atoms with E-state index in [9.17, 15) is 9.18 Å². The summed E-state index contributed by atoms with van der Waals surface area (Å²) in [6.07, 6.45) is 1.43. The van der Waals surface area contributed by atoms with Crippen LogP contribution in [0.1, 0.15) is 15.9 Å². The third-order valence-corrected chi connectivity index (χ3v) is 2.57. The topological polar surface area (TPSA) is 41.5 Å². The number of nitrogens with one attached hydrogen (secondary N) is 1. The molecule has 0 radical (unpaired) electrons. The summed E-state index contributed by atoms with van der Waals surface area (Å²) in [6, 6.07) is 12.3. The van der Waals surface area contributed by atoms with Gasteiger partial charge in [0.25, 0.3) is 5.91 Å². The lowest BCUT2D eigenvalue weighted by molar-refractivity contribution is 0.0955. The normalized spacial score (nSPS) is 10.6. The number of amides is 1. The van der Waals surface area contributed by atoms with Crippen LogP contribution in [0.15, 0.2) is 53.6 Å². The smallest absolute Gasteiger partial charge is 0.267 e. The molecule has 0 unspecified atom stereocenters. The predicted octanol–water partition coefficient (Wildman–Crippen LogP) is 3.24. The van der Waals surface area contributed by atoms with E-state index < -0.39 is 0 Å². The first-order valence-corrected chi connectivity index (χ1v) is 5.87. The van der Waals surface area contributed by atoms with E-state index in [-0.39, 0.29) is 11.7 Å². The van der Waals surface area contributed by atoms with Crippen molar-refractivity contribution in [2.75, 3.05) is 0 Å². The van der Waals surface area contributed by atoms with Crippen LogP contribution >= 0.6 is 11.6 Å². The van der Waals surface area contributed by atoms with Crippen LogP contribution < -0.4 is 5.43 Å². The van der Waals surface area contributed by atoms with Crippen molar-refractivity contribution in [3.8, 4) is 0 Å². The summed E-state index contributed by atoms with van der Waals surface area (Å²) in [7, 11) is 0. The SMILES string of the molecule is O=C(N/N=C/c1ccc(F)cc1)c1cccc(Cl)c1. The molecule has 0 atom stereocenters. The van der Waals surface area contributed by atoms with Crippen LogP contribution in [0.2, 0.25) is 5.02 Å². The molecule has 2 rings (SSSR count). The Labute approximate surface area is 114 Å². The highest BCUT2D eigenvalue weighted by Crippen LogP contribution is 2.10. The third-order valence-electron chi connectivity index (χ3n) is 2.34. The Kier molecular flexibility index (Phi) is 4.26. The highest BCUT2D eigenvalue weighted by molar-refractivity contribution is 6.30. The van der Waals surface area contributed by atoms with Gasteiger partial charge in [0, 0.05) is 10.6 Å². The molecule has 3 nitrogen and oxygen atoms in total. The number of rotatable bonds is 3. The van der Waals surface area contributed by atoms with Crippen LogP contribution in [0, 0.1) is 5.82 Å². The molecular formula is C14H10ClFN2O. The zero-order valence-corrected chi connectivity index (χ0v) is 10.6. The second kappa shape index (κ2) is 6.11. The maximum absolute atomic E-state index is 12.7. The zero-order valence-electron chi connectivity index (χ0n) is 9.81. The van der Waals surface area contributed by atoms with Gasteiger partial charge in [0.1, 0.15) is 5.82 Å². The number of hydrazone groups is 1. The van der Waals surface area contributed by atoms with Crippen LogP contribution in [-0.4, -0.2) is 12.1 Å². The summed E-state index contributed by atoms with van der Waals surface area (Å²) in [5.74, 6) is -0.680. The van der Waals surface area contributed by atoms with E-state index in [0.717, 1.165) is 0 Å². The monoisotopic (exact) mass is 276 g/mol. The fraction of sp³-hybridized carbons (Fsp3) is 0. The third kappa shape index (κ3) is 3.89. The summed E-state index contributed by atoms with van der Waals surface area (Å²) in [4.78, 5) is 11.7. The first-order valence-electron chi connectivity index (χ1n) is 5.50. The minimum absolute atomic E-state index is 0.319. The quantitative estimate of drug-likeness (QED) is 0.679. The molecule has 2 aromatic carbocycles. The van der Waals surface area contributed by atoms with E-state index in [0.29, 0.717) is 16.1 Å². The van der Waals surface area contributed by atoms with Gasteiger partial charge in [-0.05, 0) is 35.9 Å². The number of carbonyl (C=O) groups is 1. The minimum atomic E-state index is -0.360. The molecule has 0 spiro atoms. The van der Waals surface area contributed by atoms with E-state index in [2.05, 4.69) is 10.5 Å². The fourth-order valence-corrected chi connectivity index (χ4v) is 1.60. The van der Waals surface area contributed by atoms with Crippen LogP contribution in [0.3, 0.4) is 0 Å². The Balaban J connectivity index is 1.98. The molecule has 0 fully saturated rings. The van der Waals surface area contributed by atoms with Crippen molar-refractivity contribution in [1.29, 1.82) is 0 Å². The van der Waals surface area contributed by atoms with Gasteiger partial charge in [0.05, 0.1) is 6.21 Å². The highest BCUT2D eigenvalue weighted by atomic mass is 35.5. The maximum atomic E-state index is 12.7. The largest absolute Gasteiger partial charge is 0.271 e. The van der Waals surface area contributed by atoms with E-state index in [1.54, 1.807) is 36.4 Å². The van der Waals surface area contributed by atoms with Crippen molar-refractivity contribution in [2.24, 2.45) is 5.10 Å². The van der Waals surface area contributed by atoms with Gasteiger partial charge in [-0.2, -0.15) is 5.10 Å². The minimum Gasteiger partial charge on any atom is -0.267 e. The summed E-state index contributed by atoms with van der Waals surface area (Å²) < 4.78 is 12.7. The summed E-state index contributed by atoms with van der Waals surface area (Å²) in [6.45, 7) is 0. The van der Waals surface area contributed by atoms with E-state index >= 15 is 0 Å². The van der Waals surface area contributed by atoms with Gasteiger partial charge in [-0.25, -0.2) is 9.82 Å². The number of carbonyl (C=O) groups excluding carboxylic acids is 1. The van der Waals surface area contributed by atoms with Gasteiger partial charge in [-0.1, -0.05) is 29.8 Å². The Bertz CT molecular complexity index is 611. The van der Waals surface area contributed by atoms with Crippen LogP contribution in [-0.2, 0) is 0 Å². The Hall–Kier alpha value is -2.20. The Morgan fingerprint density at radius 3 is 2.63 bits per heavy atom. The van der Waals surface area contributed by atoms with Gasteiger partial charge >= 0.3 is 0 Å². The molecule has 0 saturated carbocycles. The lowest BCUT2D eigenvalue weighted by atomic mass is 10.2. The summed E-state index contributed by atoms with van der Waals surface area (Å²) in [5, 5.41) is 4.27. The number of hydrogen-bond donors (Lipinski definition) is 1. The molecule has 0 aliphatic heterocycles. The van der Waals surface area contributed by atoms with Crippen molar-refractivity contribution in [3.05, 3.63) is 70.5 Å². The number of hydrogen-bond acceptors (Lipinski definition) is 2. The molecule has 19 heavy (non-hydrogen) atoms. The van der Waals surface area contributed by atoms with Gasteiger partial charge in [-0.3, -0.25) is 4.79 Å². The van der Waals surface area contributed by atoms with Gasteiger partial charge in [-0.15, -0.1) is 0 Å². The zero-order chi connectivity index (χ0) is 13.7. The van der Waals surface area contributed by atoms with Crippen molar-refractivity contribution in [3.63, 3.8) is 0 Å². The number of halogens is 2. The molecule has 96 valence electrons. The average Bonchev–Trinajstić information content (AvgIpc) is 2.41. The summed E-state index contributed by atoms with van der Waals surface area (Å²) in [5.41, 5.74) is 3.48. The number of benzene rings is 2. The molecule has 1 amide bonds. The molecule has 0 bridgehead atoms. The lowest BCUT2D eigenvalue weighted by Gasteiger charge is -2.00. The van der Waals surface area contributed by atoms with Crippen molar-refractivity contribution < 1.29 is 9.18 Å². The van der Waals surface area contributed by atoms with Gasteiger partial charge < -0.3 is 0 Å². The van der Waals surface area contributed by atoms with Gasteiger partial charge in [0.2, 0.25) is 0 Å². The summed E-state index contributed by atoms with van der Waals surface area (Å²) >= 11 is 5.78.